The molecule has 1 unspecified atom stereocenters. The minimum Gasteiger partial charge on any atom is -0.356 e. The third-order valence-electron chi connectivity index (χ3n) is 2.43. The van der Waals surface area contributed by atoms with Crippen molar-refractivity contribution in [2.24, 2.45) is 0 Å². The van der Waals surface area contributed by atoms with E-state index in [-0.39, 0.29) is 0 Å². The monoisotopic (exact) mass is 229 g/mol. The molecule has 0 saturated carbocycles. The molecular formula is C9H12ClN3S. The molecule has 0 bridgehead atoms. The number of aromatic nitrogens is 2. The van der Waals surface area contributed by atoms with Crippen LogP contribution >= 0.6 is 23.4 Å². The lowest BCUT2D eigenvalue weighted by atomic mass is 10.2. The first-order chi connectivity index (χ1) is 6.77. The Hall–Kier alpha value is -0.480. The number of hydrogen-bond donors (Lipinski definition) is 0. The Morgan fingerprint density at radius 1 is 1.57 bits per heavy atom. The van der Waals surface area contributed by atoms with Gasteiger partial charge in [-0.05, 0) is 12.2 Å². The molecule has 1 fully saturated rings. The number of nitrogens with zero attached hydrogens (tertiary/aromatic N) is 3. The van der Waals surface area contributed by atoms with E-state index in [1.807, 2.05) is 17.8 Å². The Bertz CT molecular complexity index is 315. The Kier molecular flexibility index (Phi) is 3.13. The van der Waals surface area contributed by atoms with Crippen molar-refractivity contribution in [2.45, 2.75) is 12.5 Å². The molecule has 2 rings (SSSR count). The van der Waals surface area contributed by atoms with Gasteiger partial charge in [-0.25, -0.2) is 9.97 Å². The van der Waals surface area contributed by atoms with Crippen molar-refractivity contribution in [3.8, 4) is 0 Å². The summed E-state index contributed by atoms with van der Waals surface area (Å²) in [6.45, 7) is 0. The summed E-state index contributed by atoms with van der Waals surface area (Å²) in [5.74, 6) is 3.34. The maximum Gasteiger partial charge on any atom is 0.134 e. The summed E-state index contributed by atoms with van der Waals surface area (Å²) in [6.07, 6.45) is 2.74. The van der Waals surface area contributed by atoms with Gasteiger partial charge in [0.05, 0.1) is 0 Å². The molecule has 1 aliphatic heterocycles. The molecule has 0 aliphatic carbocycles. The van der Waals surface area contributed by atoms with Crippen LogP contribution in [0.25, 0.3) is 0 Å². The van der Waals surface area contributed by atoms with E-state index in [0.29, 0.717) is 11.2 Å². The number of halogens is 1. The number of rotatable bonds is 2. The van der Waals surface area contributed by atoms with Gasteiger partial charge in [0.15, 0.2) is 0 Å². The number of thioether (sulfide) groups is 1. The van der Waals surface area contributed by atoms with E-state index in [4.69, 9.17) is 11.6 Å². The molecule has 5 heteroatoms. The van der Waals surface area contributed by atoms with Crippen LogP contribution in [0.2, 0.25) is 5.15 Å². The van der Waals surface area contributed by atoms with Crippen molar-refractivity contribution in [1.29, 1.82) is 0 Å². The van der Waals surface area contributed by atoms with Crippen LogP contribution in [-0.4, -0.2) is 34.6 Å². The van der Waals surface area contributed by atoms with E-state index >= 15 is 0 Å². The average Bonchev–Trinajstić information content (AvgIpc) is 2.69. The van der Waals surface area contributed by atoms with E-state index < -0.39 is 0 Å². The summed E-state index contributed by atoms with van der Waals surface area (Å²) in [4.78, 5) is 10.3. The van der Waals surface area contributed by atoms with Gasteiger partial charge in [-0.15, -0.1) is 0 Å². The largest absolute Gasteiger partial charge is 0.356 e. The van der Waals surface area contributed by atoms with Crippen molar-refractivity contribution < 1.29 is 0 Å². The predicted molar refractivity (Wildman–Crippen MR) is 61.2 cm³/mol. The molecule has 0 radical (unpaired) electrons. The minimum absolute atomic E-state index is 0.507. The van der Waals surface area contributed by atoms with Gasteiger partial charge in [-0.3, -0.25) is 0 Å². The molecule has 3 nitrogen and oxygen atoms in total. The molecule has 0 spiro atoms. The van der Waals surface area contributed by atoms with Gasteiger partial charge in [-0.1, -0.05) is 11.6 Å². The van der Waals surface area contributed by atoms with Crippen LogP contribution in [0.1, 0.15) is 6.42 Å². The van der Waals surface area contributed by atoms with Crippen LogP contribution in [0, 0.1) is 0 Å². The molecule has 76 valence electrons. The van der Waals surface area contributed by atoms with Gasteiger partial charge in [0, 0.05) is 24.9 Å². The average molecular weight is 230 g/mol. The molecular weight excluding hydrogens is 218 g/mol. The van der Waals surface area contributed by atoms with E-state index in [1.165, 1.54) is 24.3 Å². The van der Waals surface area contributed by atoms with Crippen LogP contribution in [-0.2, 0) is 0 Å². The highest BCUT2D eigenvalue weighted by Crippen LogP contribution is 2.25. The van der Waals surface area contributed by atoms with Crippen molar-refractivity contribution in [3.63, 3.8) is 0 Å². The maximum absolute atomic E-state index is 5.81. The van der Waals surface area contributed by atoms with Crippen molar-refractivity contribution in [2.75, 3.05) is 23.5 Å². The fraction of sp³-hybridized carbons (Fsp3) is 0.556. The Balaban J connectivity index is 2.13. The fourth-order valence-electron chi connectivity index (χ4n) is 1.53. The van der Waals surface area contributed by atoms with Crippen molar-refractivity contribution >= 4 is 29.2 Å². The molecule has 1 aromatic rings. The highest BCUT2D eigenvalue weighted by Gasteiger charge is 2.21. The summed E-state index contributed by atoms with van der Waals surface area (Å²) in [5.41, 5.74) is 0. The zero-order valence-corrected chi connectivity index (χ0v) is 9.55. The third-order valence-corrected chi connectivity index (χ3v) is 3.79. The molecule has 0 amide bonds. The zero-order chi connectivity index (χ0) is 9.97. The predicted octanol–water partition coefficient (Wildman–Crippen LogP) is 2.07. The van der Waals surface area contributed by atoms with Gasteiger partial charge in [0.2, 0.25) is 0 Å². The third kappa shape index (κ3) is 2.12. The van der Waals surface area contributed by atoms with Crippen LogP contribution < -0.4 is 4.90 Å². The quantitative estimate of drug-likeness (QED) is 0.727. The van der Waals surface area contributed by atoms with E-state index in [2.05, 4.69) is 21.9 Å². The normalized spacial score (nSPS) is 21.1. The summed E-state index contributed by atoms with van der Waals surface area (Å²) in [7, 11) is 2.06. The summed E-state index contributed by atoms with van der Waals surface area (Å²) in [6, 6.07) is 2.40. The van der Waals surface area contributed by atoms with Gasteiger partial charge in [-0.2, -0.15) is 11.8 Å². The van der Waals surface area contributed by atoms with E-state index in [9.17, 15) is 0 Å². The summed E-state index contributed by atoms with van der Waals surface area (Å²) < 4.78 is 0. The topological polar surface area (TPSA) is 29.0 Å². The molecule has 1 atom stereocenters. The number of anilines is 1. The maximum atomic E-state index is 5.81. The van der Waals surface area contributed by atoms with Crippen LogP contribution in [0.15, 0.2) is 12.4 Å². The molecule has 14 heavy (non-hydrogen) atoms. The molecule has 2 heterocycles. The van der Waals surface area contributed by atoms with Crippen LogP contribution in [0.3, 0.4) is 0 Å². The molecule has 0 aromatic carbocycles. The van der Waals surface area contributed by atoms with E-state index in [1.54, 1.807) is 0 Å². The van der Waals surface area contributed by atoms with Gasteiger partial charge < -0.3 is 4.90 Å². The van der Waals surface area contributed by atoms with Gasteiger partial charge >= 0.3 is 0 Å². The first-order valence-corrected chi connectivity index (χ1v) is 6.09. The molecule has 1 aromatic heterocycles. The first-order valence-electron chi connectivity index (χ1n) is 4.55. The lowest BCUT2D eigenvalue weighted by Crippen LogP contribution is -2.31. The first kappa shape index (κ1) is 10.1. The minimum atomic E-state index is 0.507. The fourth-order valence-corrected chi connectivity index (χ4v) is 2.94. The SMILES string of the molecule is CN(c1cc(Cl)ncn1)C1CCSC1. The lowest BCUT2D eigenvalue weighted by molar-refractivity contribution is 0.690. The Morgan fingerprint density at radius 2 is 2.43 bits per heavy atom. The van der Waals surface area contributed by atoms with Crippen molar-refractivity contribution in [1.82, 2.24) is 9.97 Å². The highest BCUT2D eigenvalue weighted by atomic mass is 35.5. The van der Waals surface area contributed by atoms with Crippen molar-refractivity contribution in [3.05, 3.63) is 17.5 Å². The molecule has 0 N–H and O–H groups in total. The van der Waals surface area contributed by atoms with Crippen LogP contribution in [0.4, 0.5) is 5.82 Å². The molecule has 1 saturated heterocycles. The van der Waals surface area contributed by atoms with Crippen LogP contribution in [0.5, 0.6) is 0 Å². The Labute approximate surface area is 92.9 Å². The van der Waals surface area contributed by atoms with Gasteiger partial charge in [0.1, 0.15) is 17.3 Å². The van der Waals surface area contributed by atoms with Gasteiger partial charge in [0.25, 0.3) is 0 Å². The smallest absolute Gasteiger partial charge is 0.134 e. The lowest BCUT2D eigenvalue weighted by Gasteiger charge is -2.24. The highest BCUT2D eigenvalue weighted by molar-refractivity contribution is 7.99. The zero-order valence-electron chi connectivity index (χ0n) is 7.98. The second-order valence-electron chi connectivity index (χ2n) is 3.33. The number of hydrogen-bond acceptors (Lipinski definition) is 4. The second kappa shape index (κ2) is 4.36. The standard InChI is InChI=1S/C9H12ClN3S/c1-13(7-2-3-14-5-7)9-4-8(10)11-6-12-9/h4,6-7H,2-3,5H2,1H3. The second-order valence-corrected chi connectivity index (χ2v) is 4.86. The molecule has 1 aliphatic rings. The Morgan fingerprint density at radius 3 is 3.07 bits per heavy atom. The summed E-state index contributed by atoms with van der Waals surface area (Å²) in [5, 5.41) is 0.507. The van der Waals surface area contributed by atoms with E-state index in [0.717, 1.165) is 5.82 Å². The summed E-state index contributed by atoms with van der Waals surface area (Å²) >= 11 is 7.80.